The van der Waals surface area contributed by atoms with Crippen LogP contribution in [-0.4, -0.2) is 31.6 Å². The van der Waals surface area contributed by atoms with Gasteiger partial charge in [0.05, 0.1) is 5.92 Å². The summed E-state index contributed by atoms with van der Waals surface area (Å²) in [6.45, 7) is 7.76. The molecule has 0 aromatic rings. The van der Waals surface area contributed by atoms with Crippen LogP contribution in [0.25, 0.3) is 0 Å². The number of carboxylic acids is 1. The highest BCUT2D eigenvalue weighted by Crippen LogP contribution is 2.22. The molecule has 1 N–H and O–H groups in total. The Kier molecular flexibility index (Phi) is 7.87. The van der Waals surface area contributed by atoms with Crippen molar-refractivity contribution in [2.24, 2.45) is 11.8 Å². The number of carboxylic acid groups (broad SMARTS) is 1. The summed E-state index contributed by atoms with van der Waals surface area (Å²) in [7, 11) is 3.22. The lowest BCUT2D eigenvalue weighted by Gasteiger charge is -2.19. The van der Waals surface area contributed by atoms with Gasteiger partial charge in [0, 0.05) is 14.2 Å². The highest BCUT2D eigenvalue weighted by Gasteiger charge is 2.19. The maximum absolute atomic E-state index is 10.9. The molecule has 0 aliphatic rings. The van der Waals surface area contributed by atoms with Crippen LogP contribution in [0.1, 0.15) is 40.5 Å². The van der Waals surface area contributed by atoms with Crippen LogP contribution in [0.15, 0.2) is 11.1 Å². The summed E-state index contributed by atoms with van der Waals surface area (Å²) in [5.74, 6) is -0.875. The minimum Gasteiger partial charge on any atom is -0.481 e. The highest BCUT2D eigenvalue weighted by molar-refractivity contribution is 5.69. The van der Waals surface area contributed by atoms with Crippen molar-refractivity contribution in [3.63, 3.8) is 0 Å². The Morgan fingerprint density at radius 1 is 1.17 bits per heavy atom. The zero-order chi connectivity index (χ0) is 14.3. The van der Waals surface area contributed by atoms with Crippen LogP contribution >= 0.6 is 0 Å². The Labute approximate surface area is 110 Å². The van der Waals surface area contributed by atoms with Gasteiger partial charge in [-0.05, 0) is 38.2 Å². The number of rotatable bonds is 8. The van der Waals surface area contributed by atoms with Gasteiger partial charge in [-0.3, -0.25) is 4.79 Å². The molecular formula is C14H26O4. The van der Waals surface area contributed by atoms with Gasteiger partial charge in [0.25, 0.3) is 0 Å². The van der Waals surface area contributed by atoms with E-state index in [0.29, 0.717) is 0 Å². The number of ether oxygens (including phenoxy) is 2. The van der Waals surface area contributed by atoms with Crippen molar-refractivity contribution >= 4 is 5.97 Å². The molecule has 0 rings (SSSR count). The number of carbonyl (C=O) groups is 1. The number of methoxy groups -OCH3 is 2. The van der Waals surface area contributed by atoms with Gasteiger partial charge in [0.1, 0.15) is 0 Å². The van der Waals surface area contributed by atoms with Crippen molar-refractivity contribution in [1.82, 2.24) is 0 Å². The second-order valence-corrected chi connectivity index (χ2v) is 4.91. The molecule has 0 aromatic heterocycles. The third-order valence-electron chi connectivity index (χ3n) is 3.67. The van der Waals surface area contributed by atoms with Gasteiger partial charge < -0.3 is 14.6 Å². The molecule has 0 saturated heterocycles. The topological polar surface area (TPSA) is 55.8 Å². The largest absolute Gasteiger partial charge is 0.481 e. The molecule has 4 nitrogen and oxygen atoms in total. The van der Waals surface area contributed by atoms with E-state index in [1.165, 1.54) is 5.57 Å². The van der Waals surface area contributed by atoms with E-state index in [0.717, 1.165) is 18.4 Å². The van der Waals surface area contributed by atoms with Gasteiger partial charge in [-0.25, -0.2) is 0 Å². The Bertz CT molecular complexity index is 292. The molecule has 0 radical (unpaired) electrons. The van der Waals surface area contributed by atoms with Crippen molar-refractivity contribution in [3.05, 3.63) is 11.1 Å². The van der Waals surface area contributed by atoms with Gasteiger partial charge in [-0.1, -0.05) is 19.4 Å². The summed E-state index contributed by atoms with van der Waals surface area (Å²) in [5.41, 5.74) is 2.27. The van der Waals surface area contributed by atoms with Crippen LogP contribution in [0.4, 0.5) is 0 Å². The fourth-order valence-electron chi connectivity index (χ4n) is 1.79. The SMILES string of the molecule is COC(OC)/C(C)=C(\C)CC[C@@H](C)C(C)C(=O)O. The molecule has 0 saturated carbocycles. The molecule has 1 unspecified atom stereocenters. The first kappa shape index (κ1) is 17.1. The van der Waals surface area contributed by atoms with E-state index in [9.17, 15) is 4.79 Å². The predicted octanol–water partition coefficient (Wildman–Crippen LogP) is 3.08. The fourth-order valence-corrected chi connectivity index (χ4v) is 1.79. The van der Waals surface area contributed by atoms with Crippen LogP contribution in [0.3, 0.4) is 0 Å². The van der Waals surface area contributed by atoms with Crippen molar-refractivity contribution in [3.8, 4) is 0 Å². The Hall–Kier alpha value is -0.870. The van der Waals surface area contributed by atoms with Crippen LogP contribution in [0, 0.1) is 11.8 Å². The zero-order valence-electron chi connectivity index (χ0n) is 12.3. The molecule has 0 aromatic carbocycles. The van der Waals surface area contributed by atoms with Crippen LogP contribution < -0.4 is 0 Å². The average Bonchev–Trinajstić information content (AvgIpc) is 2.35. The molecule has 0 spiro atoms. The smallest absolute Gasteiger partial charge is 0.306 e. The lowest BCUT2D eigenvalue weighted by atomic mass is 9.89. The number of aliphatic carboxylic acids is 1. The van der Waals surface area contributed by atoms with Gasteiger partial charge in [-0.2, -0.15) is 0 Å². The molecular weight excluding hydrogens is 232 g/mol. The summed E-state index contributed by atoms with van der Waals surface area (Å²) in [6, 6.07) is 0. The number of allylic oxidation sites excluding steroid dienone is 1. The Morgan fingerprint density at radius 3 is 2.06 bits per heavy atom. The molecule has 106 valence electrons. The quantitative estimate of drug-likeness (QED) is 0.537. The van der Waals surface area contributed by atoms with E-state index in [1.807, 2.05) is 20.8 Å². The lowest BCUT2D eigenvalue weighted by Crippen LogP contribution is -2.19. The maximum atomic E-state index is 10.9. The first-order valence-electron chi connectivity index (χ1n) is 6.29. The third-order valence-corrected chi connectivity index (χ3v) is 3.67. The normalized spacial score (nSPS) is 16.4. The standard InChI is InChI=1S/C14H26O4/c1-9(11(3)13(15)16)7-8-10(2)12(4)14(17-5)18-6/h9,11,14H,7-8H2,1-6H3,(H,15,16)/b12-10+/t9-,11?/m1/s1. The zero-order valence-corrected chi connectivity index (χ0v) is 12.3. The Balaban J connectivity index is 4.44. The van der Waals surface area contributed by atoms with Crippen molar-refractivity contribution in [2.45, 2.75) is 46.8 Å². The Morgan fingerprint density at radius 2 is 1.67 bits per heavy atom. The van der Waals surface area contributed by atoms with E-state index in [1.54, 1.807) is 21.1 Å². The summed E-state index contributed by atoms with van der Waals surface area (Å²) < 4.78 is 10.4. The predicted molar refractivity (Wildman–Crippen MR) is 71.4 cm³/mol. The molecule has 0 fully saturated rings. The molecule has 0 amide bonds. The minimum absolute atomic E-state index is 0.161. The van der Waals surface area contributed by atoms with Crippen LogP contribution in [-0.2, 0) is 14.3 Å². The summed E-state index contributed by atoms with van der Waals surface area (Å²) in [5, 5.41) is 8.94. The van der Waals surface area contributed by atoms with Crippen LogP contribution in [0.5, 0.6) is 0 Å². The summed E-state index contributed by atoms with van der Waals surface area (Å²) in [4.78, 5) is 10.9. The fraction of sp³-hybridized carbons (Fsp3) is 0.786. The molecule has 0 heterocycles. The van der Waals surface area contributed by atoms with E-state index in [-0.39, 0.29) is 18.1 Å². The lowest BCUT2D eigenvalue weighted by molar-refractivity contribution is -0.142. The molecule has 2 atom stereocenters. The second-order valence-electron chi connectivity index (χ2n) is 4.91. The van der Waals surface area contributed by atoms with Gasteiger partial charge in [0.15, 0.2) is 6.29 Å². The van der Waals surface area contributed by atoms with E-state index >= 15 is 0 Å². The van der Waals surface area contributed by atoms with Gasteiger partial charge >= 0.3 is 5.97 Å². The number of hydrogen-bond donors (Lipinski definition) is 1. The van der Waals surface area contributed by atoms with Crippen LogP contribution in [0.2, 0.25) is 0 Å². The van der Waals surface area contributed by atoms with Gasteiger partial charge in [0.2, 0.25) is 0 Å². The van der Waals surface area contributed by atoms with E-state index < -0.39 is 5.97 Å². The average molecular weight is 258 g/mol. The summed E-state index contributed by atoms with van der Waals surface area (Å²) in [6.07, 6.45) is 1.42. The highest BCUT2D eigenvalue weighted by atomic mass is 16.7. The number of hydrogen-bond acceptors (Lipinski definition) is 3. The molecule has 0 aliphatic carbocycles. The van der Waals surface area contributed by atoms with E-state index in [4.69, 9.17) is 14.6 Å². The second kappa shape index (κ2) is 8.27. The van der Waals surface area contributed by atoms with Crippen molar-refractivity contribution in [1.29, 1.82) is 0 Å². The monoisotopic (exact) mass is 258 g/mol. The summed E-state index contributed by atoms with van der Waals surface area (Å²) >= 11 is 0. The van der Waals surface area contributed by atoms with Crippen molar-refractivity contribution < 1.29 is 19.4 Å². The van der Waals surface area contributed by atoms with Gasteiger partial charge in [-0.15, -0.1) is 0 Å². The minimum atomic E-state index is -0.729. The van der Waals surface area contributed by atoms with Crippen molar-refractivity contribution in [2.75, 3.05) is 14.2 Å². The van der Waals surface area contributed by atoms with E-state index in [2.05, 4.69) is 0 Å². The third kappa shape index (κ3) is 5.19. The molecule has 0 bridgehead atoms. The molecule has 18 heavy (non-hydrogen) atoms. The molecule has 4 heteroatoms. The maximum Gasteiger partial charge on any atom is 0.306 e. The first-order valence-corrected chi connectivity index (χ1v) is 6.29. The first-order chi connectivity index (χ1) is 8.34. The molecule has 0 aliphatic heterocycles.